The van der Waals surface area contributed by atoms with Crippen molar-refractivity contribution in [1.29, 1.82) is 0 Å². The molecule has 0 aliphatic heterocycles. The van der Waals surface area contributed by atoms with Gasteiger partial charge in [-0.05, 0) is 66.9 Å². The van der Waals surface area contributed by atoms with E-state index in [0.717, 1.165) is 25.0 Å². The summed E-state index contributed by atoms with van der Waals surface area (Å²) in [4.78, 5) is 4.27. The molecule has 5 nitrogen and oxygen atoms in total. The van der Waals surface area contributed by atoms with Crippen molar-refractivity contribution >= 4 is 23.1 Å². The average molecular weight is 343 g/mol. The lowest BCUT2D eigenvalue weighted by atomic mass is 9.87. The monoisotopic (exact) mass is 343 g/mol. The van der Waals surface area contributed by atoms with E-state index in [0.29, 0.717) is 16.7 Å². The Labute approximate surface area is 147 Å². The Hall–Kier alpha value is -2.34. The van der Waals surface area contributed by atoms with E-state index in [1.807, 2.05) is 18.2 Å². The summed E-state index contributed by atoms with van der Waals surface area (Å²) >= 11 is 5.46. The number of thiocarbonyl (C=S) groups is 1. The second-order valence-corrected chi connectivity index (χ2v) is 6.07. The number of pyridine rings is 1. The van der Waals surface area contributed by atoms with Crippen LogP contribution in [-0.2, 0) is 6.42 Å². The van der Waals surface area contributed by atoms with Gasteiger partial charge in [-0.2, -0.15) is 0 Å². The maximum atomic E-state index is 5.46. The number of ether oxygens (including phenoxy) is 2. The third-order valence-electron chi connectivity index (χ3n) is 4.19. The molecule has 1 aliphatic carbocycles. The molecule has 2 N–H and O–H groups in total. The molecule has 126 valence electrons. The van der Waals surface area contributed by atoms with Crippen LogP contribution in [0.25, 0.3) is 0 Å². The quantitative estimate of drug-likeness (QED) is 0.829. The van der Waals surface area contributed by atoms with Gasteiger partial charge in [0.2, 0.25) is 0 Å². The fraction of sp³-hybridized carbons (Fsp3) is 0.333. The van der Waals surface area contributed by atoms with Crippen molar-refractivity contribution in [1.82, 2.24) is 10.3 Å². The van der Waals surface area contributed by atoms with E-state index < -0.39 is 0 Å². The number of hydrogen-bond acceptors (Lipinski definition) is 4. The third-order valence-corrected chi connectivity index (χ3v) is 4.41. The van der Waals surface area contributed by atoms with Gasteiger partial charge in [0.15, 0.2) is 16.7 Å². The van der Waals surface area contributed by atoms with Gasteiger partial charge < -0.3 is 20.1 Å². The van der Waals surface area contributed by atoms with Gasteiger partial charge in [-0.1, -0.05) is 6.07 Å². The molecule has 0 spiro atoms. The summed E-state index contributed by atoms with van der Waals surface area (Å²) in [5.74, 6) is 2.17. The summed E-state index contributed by atoms with van der Waals surface area (Å²) in [6, 6.07) is 10.1. The third kappa shape index (κ3) is 3.59. The molecule has 0 radical (unpaired) electrons. The maximum absolute atomic E-state index is 5.46. The van der Waals surface area contributed by atoms with E-state index in [2.05, 4.69) is 27.8 Å². The van der Waals surface area contributed by atoms with Crippen LogP contribution in [0.3, 0.4) is 0 Å². The maximum Gasteiger partial charge on any atom is 0.174 e. The lowest BCUT2D eigenvalue weighted by molar-refractivity contribution is 0.412. The summed E-state index contributed by atoms with van der Waals surface area (Å²) in [7, 11) is 3.31. The van der Waals surface area contributed by atoms with Crippen LogP contribution in [-0.4, -0.2) is 24.3 Å². The van der Waals surface area contributed by atoms with Crippen LogP contribution in [0.1, 0.15) is 30.0 Å². The van der Waals surface area contributed by atoms with Crippen molar-refractivity contribution in [2.45, 2.75) is 25.3 Å². The van der Waals surface area contributed by atoms with Crippen LogP contribution < -0.4 is 20.1 Å². The summed E-state index contributed by atoms with van der Waals surface area (Å²) in [6.07, 6.45) is 4.93. The number of rotatable bonds is 4. The van der Waals surface area contributed by atoms with Gasteiger partial charge in [-0.25, -0.2) is 4.98 Å². The number of benzene rings is 1. The predicted octanol–water partition coefficient (Wildman–Crippen LogP) is 3.46. The molecule has 1 atom stereocenters. The zero-order valence-electron chi connectivity index (χ0n) is 13.8. The first-order chi connectivity index (χ1) is 11.7. The van der Waals surface area contributed by atoms with Crippen LogP contribution in [0.4, 0.5) is 5.82 Å². The molecule has 1 aromatic heterocycles. The van der Waals surface area contributed by atoms with Crippen LogP contribution in [0.15, 0.2) is 36.5 Å². The van der Waals surface area contributed by atoms with Crippen molar-refractivity contribution < 1.29 is 9.47 Å². The Bertz CT molecular complexity index is 736. The van der Waals surface area contributed by atoms with Crippen molar-refractivity contribution in [2.24, 2.45) is 0 Å². The Balaban J connectivity index is 1.72. The molecular formula is C18H21N3O2S. The number of methoxy groups -OCH3 is 2. The molecule has 0 saturated carbocycles. The first-order valence-electron chi connectivity index (χ1n) is 7.94. The summed E-state index contributed by atoms with van der Waals surface area (Å²) in [5, 5.41) is 7.06. The highest BCUT2D eigenvalue weighted by atomic mass is 32.1. The largest absolute Gasteiger partial charge is 0.497 e. The topological polar surface area (TPSA) is 55.4 Å². The molecule has 0 unspecified atom stereocenters. The Morgan fingerprint density at radius 2 is 2.12 bits per heavy atom. The number of anilines is 1. The highest BCUT2D eigenvalue weighted by Crippen LogP contribution is 2.32. The molecule has 0 fully saturated rings. The molecule has 0 amide bonds. The SMILES string of the molecule is COc1ccc2c(c1)CCC[C@H]2NC(=S)Nc1ncccc1OC. The van der Waals surface area contributed by atoms with Crippen molar-refractivity contribution in [3.8, 4) is 11.5 Å². The van der Waals surface area contributed by atoms with Crippen molar-refractivity contribution in [3.63, 3.8) is 0 Å². The molecule has 0 bridgehead atoms. The lowest BCUT2D eigenvalue weighted by Crippen LogP contribution is -2.34. The smallest absolute Gasteiger partial charge is 0.174 e. The molecule has 0 saturated heterocycles. The van der Waals surface area contributed by atoms with Crippen molar-refractivity contribution in [3.05, 3.63) is 47.7 Å². The molecule has 1 aliphatic rings. The zero-order chi connectivity index (χ0) is 16.9. The van der Waals surface area contributed by atoms with Crippen LogP contribution in [0.5, 0.6) is 11.5 Å². The minimum absolute atomic E-state index is 0.189. The molecule has 2 aromatic rings. The highest BCUT2D eigenvalue weighted by Gasteiger charge is 2.21. The summed E-state index contributed by atoms with van der Waals surface area (Å²) in [6.45, 7) is 0. The average Bonchev–Trinajstić information content (AvgIpc) is 2.62. The normalized spacial score (nSPS) is 16.0. The van der Waals surface area contributed by atoms with Crippen molar-refractivity contribution in [2.75, 3.05) is 19.5 Å². The Morgan fingerprint density at radius 3 is 2.92 bits per heavy atom. The Kier molecular flexibility index (Phi) is 5.15. The van der Waals surface area contributed by atoms with Crippen LogP contribution in [0, 0.1) is 0 Å². The molecule has 1 aromatic carbocycles. The van der Waals surface area contributed by atoms with Gasteiger partial charge in [0.25, 0.3) is 0 Å². The summed E-state index contributed by atoms with van der Waals surface area (Å²) < 4.78 is 10.6. The number of nitrogens with one attached hydrogen (secondary N) is 2. The van der Waals surface area contributed by atoms with E-state index in [4.69, 9.17) is 21.7 Å². The fourth-order valence-electron chi connectivity index (χ4n) is 3.02. The fourth-order valence-corrected chi connectivity index (χ4v) is 3.26. The van der Waals surface area contributed by atoms with E-state index in [-0.39, 0.29) is 6.04 Å². The minimum Gasteiger partial charge on any atom is -0.497 e. The molecule has 1 heterocycles. The minimum atomic E-state index is 0.189. The number of aryl methyl sites for hydroxylation is 1. The Morgan fingerprint density at radius 1 is 1.25 bits per heavy atom. The molecule has 24 heavy (non-hydrogen) atoms. The highest BCUT2D eigenvalue weighted by molar-refractivity contribution is 7.80. The summed E-state index contributed by atoms with van der Waals surface area (Å²) in [5.41, 5.74) is 2.59. The van der Waals surface area contributed by atoms with Gasteiger partial charge in [-0.3, -0.25) is 0 Å². The molecule has 3 rings (SSSR count). The van der Waals surface area contributed by atoms with Gasteiger partial charge in [0, 0.05) is 6.20 Å². The molecular weight excluding hydrogens is 322 g/mol. The second-order valence-electron chi connectivity index (χ2n) is 5.66. The van der Waals surface area contributed by atoms with E-state index >= 15 is 0 Å². The number of hydrogen-bond donors (Lipinski definition) is 2. The van der Waals surface area contributed by atoms with Gasteiger partial charge in [-0.15, -0.1) is 0 Å². The molecule has 6 heteroatoms. The number of nitrogens with zero attached hydrogens (tertiary/aromatic N) is 1. The number of aromatic nitrogens is 1. The van der Waals surface area contributed by atoms with Gasteiger partial charge in [0.1, 0.15) is 5.75 Å². The second kappa shape index (κ2) is 7.49. The number of fused-ring (bicyclic) bond motifs is 1. The van der Waals surface area contributed by atoms with Crippen LogP contribution in [0.2, 0.25) is 0 Å². The van der Waals surface area contributed by atoms with Gasteiger partial charge >= 0.3 is 0 Å². The van der Waals surface area contributed by atoms with E-state index in [1.165, 1.54) is 11.1 Å². The lowest BCUT2D eigenvalue weighted by Gasteiger charge is -2.28. The van der Waals surface area contributed by atoms with E-state index in [1.54, 1.807) is 20.4 Å². The zero-order valence-corrected chi connectivity index (χ0v) is 14.7. The standard InChI is InChI=1S/C18H21N3O2S/c1-22-13-8-9-14-12(11-13)5-3-6-15(14)20-18(24)21-17-16(23-2)7-4-10-19-17/h4,7-11,15H,3,5-6H2,1-2H3,(H2,19,20,21,24)/t15-/m1/s1. The first kappa shape index (κ1) is 16.5. The van der Waals surface area contributed by atoms with Gasteiger partial charge in [0.05, 0.1) is 20.3 Å². The predicted molar refractivity (Wildman–Crippen MR) is 98.8 cm³/mol. The van der Waals surface area contributed by atoms with Crippen LogP contribution >= 0.6 is 12.2 Å². The van der Waals surface area contributed by atoms with E-state index in [9.17, 15) is 0 Å². The first-order valence-corrected chi connectivity index (χ1v) is 8.35.